The van der Waals surface area contributed by atoms with Gasteiger partial charge in [0.2, 0.25) is 0 Å². The number of hydrogen-bond acceptors (Lipinski definition) is 6. The molecule has 1 fully saturated rings. The van der Waals surface area contributed by atoms with Gasteiger partial charge in [0, 0.05) is 49.5 Å². The van der Waals surface area contributed by atoms with Crippen LogP contribution in [0.25, 0.3) is 5.57 Å². The van der Waals surface area contributed by atoms with Gasteiger partial charge in [0.1, 0.15) is 17.3 Å². The minimum Gasteiger partial charge on any atom is -0.494 e. The summed E-state index contributed by atoms with van der Waals surface area (Å²) in [5.74, 6) is -0.540. The summed E-state index contributed by atoms with van der Waals surface area (Å²) in [5, 5.41) is 13.9. The number of anilines is 1. The van der Waals surface area contributed by atoms with Crippen molar-refractivity contribution in [1.29, 1.82) is 5.41 Å². The third kappa shape index (κ3) is 8.06. The molecule has 0 aromatic heterocycles. The van der Waals surface area contributed by atoms with Crippen molar-refractivity contribution >= 4 is 34.6 Å². The number of aliphatic imine (C=N–C) groups is 1. The van der Waals surface area contributed by atoms with Gasteiger partial charge in [-0.1, -0.05) is 38.1 Å². The van der Waals surface area contributed by atoms with Gasteiger partial charge >= 0.3 is 0 Å². The highest BCUT2D eigenvalue weighted by Crippen LogP contribution is 2.35. The molecule has 0 bridgehead atoms. The highest BCUT2D eigenvalue weighted by Gasteiger charge is 2.29. The molecule has 0 aliphatic heterocycles. The lowest BCUT2D eigenvalue weighted by Crippen LogP contribution is -2.31. The lowest BCUT2D eigenvalue weighted by atomic mass is 10.0. The predicted molar refractivity (Wildman–Crippen MR) is 151 cm³/mol. The molecule has 200 valence electrons. The van der Waals surface area contributed by atoms with E-state index in [1.807, 2.05) is 31.2 Å². The molecule has 0 heterocycles. The standard InChI is InChI=1S/C28H40N6O3/c1-7-11-19(17-34(5)20(8-2)9-3)21-12-10-13-22(26(21)37-6)32-23(25(30)28(36)31-4)16-24(29)33-27(35)18-14-15-18/h7,10-13,16-18,20,30,32H,8-9,14-15H2,1-6H3,(H,31,36)(H2,29,33,35)/b11-7-,19-17+,23-16+,30-25?. The fourth-order valence-electron chi connectivity index (χ4n) is 3.95. The zero-order valence-corrected chi connectivity index (χ0v) is 22.7. The van der Waals surface area contributed by atoms with Crippen molar-refractivity contribution in [3.8, 4) is 5.75 Å². The Bertz CT molecular complexity index is 1110. The van der Waals surface area contributed by atoms with Crippen LogP contribution in [0.5, 0.6) is 5.75 Å². The van der Waals surface area contributed by atoms with Crippen LogP contribution in [-0.2, 0) is 9.59 Å². The first kappa shape index (κ1) is 29.4. The Morgan fingerprint density at radius 1 is 1.30 bits per heavy atom. The summed E-state index contributed by atoms with van der Waals surface area (Å²) in [6.45, 7) is 6.29. The number of nitrogens with two attached hydrogens (primary N) is 1. The monoisotopic (exact) mass is 508 g/mol. The maximum Gasteiger partial charge on any atom is 0.271 e. The maximum absolute atomic E-state index is 12.3. The number of rotatable bonds is 13. The van der Waals surface area contributed by atoms with E-state index in [1.54, 1.807) is 13.2 Å². The third-order valence-electron chi connectivity index (χ3n) is 6.19. The zero-order valence-electron chi connectivity index (χ0n) is 22.7. The number of allylic oxidation sites excluding steroid dienone is 3. The van der Waals surface area contributed by atoms with Gasteiger partial charge in [0.15, 0.2) is 0 Å². The van der Waals surface area contributed by atoms with Gasteiger partial charge in [-0.15, -0.1) is 0 Å². The van der Waals surface area contributed by atoms with Crippen LogP contribution in [0.2, 0.25) is 0 Å². The Balaban J connectivity index is 2.55. The van der Waals surface area contributed by atoms with Crippen molar-refractivity contribution in [2.75, 3.05) is 26.5 Å². The first-order chi connectivity index (χ1) is 17.7. The summed E-state index contributed by atoms with van der Waals surface area (Å²) in [6, 6.07) is 6.00. The molecule has 1 aliphatic carbocycles. The van der Waals surface area contributed by atoms with Crippen LogP contribution < -0.4 is 21.1 Å². The van der Waals surface area contributed by atoms with Gasteiger partial charge in [-0.3, -0.25) is 15.0 Å². The van der Waals surface area contributed by atoms with Gasteiger partial charge in [0.05, 0.1) is 18.5 Å². The number of carbonyl (C=O) groups is 2. The van der Waals surface area contributed by atoms with Crippen LogP contribution in [0.4, 0.5) is 5.69 Å². The second kappa shape index (κ2) is 14.0. The lowest BCUT2D eigenvalue weighted by molar-refractivity contribution is -0.119. The Labute approximate surface area is 220 Å². The molecule has 1 aromatic rings. The molecule has 0 unspecified atom stereocenters. The van der Waals surface area contributed by atoms with Crippen LogP contribution in [0.15, 0.2) is 53.3 Å². The van der Waals surface area contributed by atoms with E-state index in [4.69, 9.17) is 15.9 Å². The molecule has 9 heteroatoms. The fraction of sp³-hybridized carbons (Fsp3) is 0.429. The van der Waals surface area contributed by atoms with Gasteiger partial charge < -0.3 is 26.0 Å². The molecule has 0 spiro atoms. The summed E-state index contributed by atoms with van der Waals surface area (Å²) in [6.07, 6.45) is 11.0. The number of methoxy groups -OCH3 is 1. The Morgan fingerprint density at radius 2 is 1.97 bits per heavy atom. The summed E-state index contributed by atoms with van der Waals surface area (Å²) in [5.41, 5.74) is 8.04. The summed E-state index contributed by atoms with van der Waals surface area (Å²) in [4.78, 5) is 30.5. The number of hydrogen-bond donors (Lipinski definition) is 4. The Kier molecular flexibility index (Phi) is 11.1. The van der Waals surface area contributed by atoms with Gasteiger partial charge in [-0.2, -0.15) is 4.99 Å². The van der Waals surface area contributed by atoms with Crippen LogP contribution >= 0.6 is 0 Å². The molecule has 0 atom stereocenters. The van der Waals surface area contributed by atoms with Crippen molar-refractivity contribution in [3.05, 3.63) is 53.9 Å². The van der Waals surface area contributed by atoms with E-state index >= 15 is 0 Å². The number of nitrogens with zero attached hydrogens (tertiary/aromatic N) is 2. The second-order valence-corrected chi connectivity index (χ2v) is 8.89. The molecular weight excluding hydrogens is 468 g/mol. The molecule has 37 heavy (non-hydrogen) atoms. The normalized spacial score (nSPS) is 14.6. The van der Waals surface area contributed by atoms with Gasteiger partial charge in [-0.05, 0) is 38.7 Å². The SMILES string of the molecule is C/C=C\C(=C/N(C)C(CC)CC)c1cccc(N/C(=C/C(N)=NC(=O)C2CC2)C(=N)C(=O)NC)c1OC. The number of carbonyl (C=O) groups excluding carboxylic acids is 2. The highest BCUT2D eigenvalue weighted by molar-refractivity contribution is 6.45. The van der Waals surface area contributed by atoms with Crippen molar-refractivity contribution in [3.63, 3.8) is 0 Å². The topological polar surface area (TPSA) is 133 Å². The molecule has 2 rings (SSSR count). The first-order valence-electron chi connectivity index (χ1n) is 12.6. The Hall–Kier alpha value is -3.88. The molecule has 0 saturated heterocycles. The minimum atomic E-state index is -0.614. The Morgan fingerprint density at radius 3 is 2.51 bits per heavy atom. The largest absolute Gasteiger partial charge is 0.494 e. The van der Waals surface area contributed by atoms with E-state index in [9.17, 15) is 9.59 Å². The van der Waals surface area contributed by atoms with E-state index in [2.05, 4.69) is 47.6 Å². The molecule has 0 radical (unpaired) electrons. The predicted octanol–water partition coefficient (Wildman–Crippen LogP) is 4.09. The summed E-state index contributed by atoms with van der Waals surface area (Å²) >= 11 is 0. The van der Waals surface area contributed by atoms with Gasteiger partial charge in [0.25, 0.3) is 11.8 Å². The average Bonchev–Trinajstić information content (AvgIpc) is 3.73. The van der Waals surface area contributed by atoms with Crippen molar-refractivity contribution in [2.45, 2.75) is 52.5 Å². The number of amides is 2. The van der Waals surface area contributed by atoms with Crippen molar-refractivity contribution in [2.24, 2.45) is 16.6 Å². The fourth-order valence-corrected chi connectivity index (χ4v) is 3.95. The molecule has 5 N–H and O–H groups in total. The molecule has 1 aromatic carbocycles. The quantitative estimate of drug-likeness (QED) is 0.180. The van der Waals surface area contributed by atoms with E-state index in [-0.39, 0.29) is 29.1 Å². The zero-order chi connectivity index (χ0) is 27.5. The third-order valence-corrected chi connectivity index (χ3v) is 6.19. The number of amidine groups is 1. The van der Waals surface area contributed by atoms with Gasteiger partial charge in [-0.25, -0.2) is 0 Å². The van der Waals surface area contributed by atoms with E-state index in [0.717, 1.165) is 36.8 Å². The van der Waals surface area contributed by atoms with Crippen molar-refractivity contribution in [1.82, 2.24) is 10.2 Å². The number of ether oxygens (including phenoxy) is 1. The minimum absolute atomic E-state index is 0.0792. The van der Waals surface area contributed by atoms with E-state index < -0.39 is 5.91 Å². The van der Waals surface area contributed by atoms with Crippen molar-refractivity contribution < 1.29 is 14.3 Å². The number of para-hydroxylation sites is 1. The lowest BCUT2D eigenvalue weighted by Gasteiger charge is -2.26. The van der Waals surface area contributed by atoms with E-state index in [1.165, 1.54) is 13.1 Å². The molecule has 2 amide bonds. The number of nitrogens with one attached hydrogen (secondary N) is 3. The first-order valence-corrected chi connectivity index (χ1v) is 12.6. The highest BCUT2D eigenvalue weighted by atomic mass is 16.5. The molecule has 1 aliphatic rings. The summed E-state index contributed by atoms with van der Waals surface area (Å²) < 4.78 is 5.81. The molecule has 9 nitrogen and oxygen atoms in total. The van der Waals surface area contributed by atoms with Crippen LogP contribution in [-0.4, -0.2) is 55.5 Å². The van der Waals surface area contributed by atoms with Crippen LogP contribution in [0.3, 0.4) is 0 Å². The summed E-state index contributed by atoms with van der Waals surface area (Å²) in [7, 11) is 5.07. The second-order valence-electron chi connectivity index (χ2n) is 8.89. The molecule has 1 saturated carbocycles. The van der Waals surface area contributed by atoms with E-state index in [0.29, 0.717) is 17.5 Å². The smallest absolute Gasteiger partial charge is 0.271 e. The van der Waals surface area contributed by atoms with Crippen LogP contribution in [0, 0.1) is 11.3 Å². The maximum atomic E-state index is 12.3. The molecular formula is C28H40N6O3. The van der Waals surface area contributed by atoms with Crippen LogP contribution in [0.1, 0.15) is 52.0 Å². The number of benzene rings is 1. The average molecular weight is 509 g/mol.